The third kappa shape index (κ3) is 6.85. The van der Waals surface area contributed by atoms with Gasteiger partial charge in [-0.25, -0.2) is 9.97 Å². The number of aromatic nitrogens is 2. The van der Waals surface area contributed by atoms with Gasteiger partial charge in [-0.3, -0.25) is 9.59 Å². The molecule has 0 aromatic carbocycles. The van der Waals surface area contributed by atoms with Gasteiger partial charge in [-0.1, -0.05) is 0 Å². The zero-order valence-electron chi connectivity index (χ0n) is 13.9. The monoisotopic (exact) mass is 446 g/mol. The van der Waals surface area contributed by atoms with Crippen LogP contribution in [0.5, 0.6) is 5.88 Å². The van der Waals surface area contributed by atoms with Gasteiger partial charge < -0.3 is 15.4 Å². The lowest BCUT2D eigenvalue weighted by atomic mass is 10.2. The molecule has 7 nitrogen and oxygen atoms in total. The lowest BCUT2D eigenvalue weighted by Gasteiger charge is -2.11. The van der Waals surface area contributed by atoms with Crippen LogP contribution in [0.15, 0.2) is 35.1 Å². The Morgan fingerprint density at radius 1 is 1.26 bits per heavy atom. The average molecular weight is 447 g/mol. The number of carbonyl (C=O) groups excluding carboxylic acids is 2. The van der Waals surface area contributed by atoms with Gasteiger partial charge in [0.25, 0.3) is 5.91 Å². The van der Waals surface area contributed by atoms with Crippen molar-refractivity contribution in [1.82, 2.24) is 15.3 Å². The Kier molecular flexibility index (Phi) is 6.72. The van der Waals surface area contributed by atoms with Gasteiger partial charge in [0.1, 0.15) is 5.82 Å². The van der Waals surface area contributed by atoms with Crippen molar-refractivity contribution in [2.24, 2.45) is 0 Å². The standard InChI is InChI=1S/C16H14BrF3N4O3/c1-9(25)24-13-5-11(2-3-21-13)14(26)22-6-10-4-12(17)15(23-7-10)27-8-16(18,19)20/h2-5,7H,6,8H2,1H3,(H,22,26)(H,21,24,25). The van der Waals surface area contributed by atoms with Crippen molar-refractivity contribution < 1.29 is 27.5 Å². The number of carbonyl (C=O) groups is 2. The van der Waals surface area contributed by atoms with Crippen molar-refractivity contribution in [1.29, 1.82) is 0 Å². The molecule has 0 saturated heterocycles. The first-order chi connectivity index (χ1) is 12.6. The van der Waals surface area contributed by atoms with Crippen LogP contribution in [0.25, 0.3) is 0 Å². The molecule has 144 valence electrons. The van der Waals surface area contributed by atoms with E-state index >= 15 is 0 Å². The van der Waals surface area contributed by atoms with E-state index < -0.39 is 18.7 Å². The molecule has 11 heteroatoms. The van der Waals surface area contributed by atoms with Gasteiger partial charge in [0, 0.05) is 31.4 Å². The SMILES string of the molecule is CC(=O)Nc1cc(C(=O)NCc2cnc(OCC(F)(F)F)c(Br)c2)ccn1. The Hall–Kier alpha value is -2.69. The molecule has 27 heavy (non-hydrogen) atoms. The summed E-state index contributed by atoms with van der Waals surface area (Å²) in [4.78, 5) is 30.9. The summed E-state index contributed by atoms with van der Waals surface area (Å²) < 4.78 is 41.4. The summed E-state index contributed by atoms with van der Waals surface area (Å²) in [6.45, 7) is -0.0451. The third-order valence-corrected chi connectivity index (χ3v) is 3.58. The minimum absolute atomic E-state index is 0.0851. The first kappa shape index (κ1) is 20.6. The molecule has 2 N–H and O–H groups in total. The van der Waals surface area contributed by atoms with E-state index in [4.69, 9.17) is 0 Å². The maximum Gasteiger partial charge on any atom is 0.422 e. The lowest BCUT2D eigenvalue weighted by molar-refractivity contribution is -0.154. The van der Waals surface area contributed by atoms with Crippen molar-refractivity contribution in [3.05, 3.63) is 46.2 Å². The van der Waals surface area contributed by atoms with Crippen LogP contribution < -0.4 is 15.4 Å². The number of rotatable bonds is 6. The number of pyridine rings is 2. The van der Waals surface area contributed by atoms with Crippen LogP contribution >= 0.6 is 15.9 Å². The molecule has 0 unspecified atom stereocenters. The van der Waals surface area contributed by atoms with Gasteiger partial charge in [0.2, 0.25) is 11.8 Å². The topological polar surface area (TPSA) is 93.2 Å². The van der Waals surface area contributed by atoms with Crippen LogP contribution in [0.4, 0.5) is 19.0 Å². The summed E-state index contributed by atoms with van der Waals surface area (Å²) in [7, 11) is 0. The predicted molar refractivity (Wildman–Crippen MR) is 93.2 cm³/mol. The summed E-state index contributed by atoms with van der Waals surface area (Å²) in [6.07, 6.45) is -1.79. The molecule has 0 aliphatic carbocycles. The van der Waals surface area contributed by atoms with E-state index in [9.17, 15) is 22.8 Å². The second-order valence-corrected chi connectivity index (χ2v) is 6.18. The summed E-state index contributed by atoms with van der Waals surface area (Å²) in [5, 5.41) is 5.11. The summed E-state index contributed by atoms with van der Waals surface area (Å²) in [5.74, 6) is -0.691. The first-order valence-electron chi connectivity index (χ1n) is 7.50. The molecule has 0 aliphatic rings. The zero-order chi connectivity index (χ0) is 20.0. The Balaban J connectivity index is 1.97. The molecule has 0 aliphatic heterocycles. The van der Waals surface area contributed by atoms with Crippen LogP contribution in [0, 0.1) is 0 Å². The number of halogens is 4. The van der Waals surface area contributed by atoms with Crippen LogP contribution in [0.1, 0.15) is 22.8 Å². The molecular weight excluding hydrogens is 433 g/mol. The number of nitrogens with zero attached hydrogens (tertiary/aromatic N) is 2. The van der Waals surface area contributed by atoms with Crippen molar-refractivity contribution in [2.45, 2.75) is 19.6 Å². The number of amides is 2. The minimum Gasteiger partial charge on any atom is -0.467 e. The van der Waals surface area contributed by atoms with E-state index in [1.165, 1.54) is 37.5 Å². The van der Waals surface area contributed by atoms with Crippen LogP contribution in [-0.2, 0) is 11.3 Å². The van der Waals surface area contributed by atoms with E-state index in [-0.39, 0.29) is 34.2 Å². The maximum atomic E-state index is 12.2. The molecule has 2 rings (SSSR count). The van der Waals surface area contributed by atoms with E-state index in [1.54, 1.807) is 0 Å². The highest BCUT2D eigenvalue weighted by Gasteiger charge is 2.29. The smallest absolute Gasteiger partial charge is 0.422 e. The molecule has 0 spiro atoms. The van der Waals surface area contributed by atoms with Crippen LogP contribution in [0.2, 0.25) is 0 Å². The molecule has 0 radical (unpaired) electrons. The van der Waals surface area contributed by atoms with E-state index in [0.717, 1.165) is 0 Å². The molecule has 2 aromatic rings. The molecule has 0 atom stereocenters. The number of anilines is 1. The zero-order valence-corrected chi connectivity index (χ0v) is 15.5. The molecule has 2 aromatic heterocycles. The molecule has 2 amide bonds. The van der Waals surface area contributed by atoms with Gasteiger partial charge in [0.15, 0.2) is 6.61 Å². The summed E-state index contributed by atoms with van der Waals surface area (Å²) in [6, 6.07) is 4.39. The highest BCUT2D eigenvalue weighted by atomic mass is 79.9. The number of hydrogen-bond donors (Lipinski definition) is 2. The van der Waals surface area contributed by atoms with Crippen LogP contribution in [0.3, 0.4) is 0 Å². The molecular formula is C16H14BrF3N4O3. The number of hydrogen-bond acceptors (Lipinski definition) is 5. The maximum absolute atomic E-state index is 12.2. The second-order valence-electron chi connectivity index (χ2n) is 5.33. The molecule has 0 fully saturated rings. The fourth-order valence-electron chi connectivity index (χ4n) is 1.92. The van der Waals surface area contributed by atoms with Crippen molar-refractivity contribution >= 4 is 33.6 Å². The Morgan fingerprint density at radius 3 is 2.63 bits per heavy atom. The highest BCUT2D eigenvalue weighted by molar-refractivity contribution is 9.10. The summed E-state index contributed by atoms with van der Waals surface area (Å²) in [5.41, 5.74) is 0.830. The van der Waals surface area contributed by atoms with E-state index in [1.807, 2.05) is 0 Å². The fraction of sp³-hybridized carbons (Fsp3) is 0.250. The van der Waals surface area contributed by atoms with Gasteiger partial charge >= 0.3 is 6.18 Å². The predicted octanol–water partition coefficient (Wildman–Crippen LogP) is 3.07. The largest absolute Gasteiger partial charge is 0.467 e. The Labute approximate surface area is 160 Å². The third-order valence-electron chi connectivity index (χ3n) is 3.02. The van der Waals surface area contributed by atoms with Crippen molar-refractivity contribution in [2.75, 3.05) is 11.9 Å². The van der Waals surface area contributed by atoms with Crippen LogP contribution in [-0.4, -0.2) is 34.6 Å². The lowest BCUT2D eigenvalue weighted by Crippen LogP contribution is -2.23. The molecule has 0 saturated carbocycles. The van der Waals surface area contributed by atoms with Gasteiger partial charge in [0.05, 0.1) is 4.47 Å². The molecule has 2 heterocycles. The second kappa shape index (κ2) is 8.80. The van der Waals surface area contributed by atoms with Gasteiger partial charge in [-0.15, -0.1) is 0 Å². The van der Waals surface area contributed by atoms with E-state index in [0.29, 0.717) is 5.56 Å². The fourth-order valence-corrected chi connectivity index (χ4v) is 2.43. The van der Waals surface area contributed by atoms with E-state index in [2.05, 4.69) is 41.3 Å². The normalized spacial score (nSPS) is 11.0. The van der Waals surface area contributed by atoms with Gasteiger partial charge in [-0.05, 0) is 39.7 Å². The quantitative estimate of drug-likeness (QED) is 0.710. The first-order valence-corrected chi connectivity index (χ1v) is 8.29. The van der Waals surface area contributed by atoms with Crippen molar-refractivity contribution in [3.63, 3.8) is 0 Å². The number of nitrogens with one attached hydrogen (secondary N) is 2. The molecule has 0 bridgehead atoms. The van der Waals surface area contributed by atoms with Gasteiger partial charge in [-0.2, -0.15) is 13.2 Å². The number of alkyl halides is 3. The summed E-state index contributed by atoms with van der Waals surface area (Å²) >= 11 is 3.08. The Morgan fingerprint density at radius 2 is 2.00 bits per heavy atom. The number of ether oxygens (including phenoxy) is 1. The Bertz CT molecular complexity index is 846. The van der Waals surface area contributed by atoms with Crippen molar-refractivity contribution in [3.8, 4) is 5.88 Å². The minimum atomic E-state index is -4.46. The highest BCUT2D eigenvalue weighted by Crippen LogP contribution is 2.25. The average Bonchev–Trinajstić information content (AvgIpc) is 2.57.